The number of amides is 1. The topological polar surface area (TPSA) is 105 Å². The Hall–Kier alpha value is -2.92. The fourth-order valence-electron chi connectivity index (χ4n) is 6.18. The third-order valence-corrected chi connectivity index (χ3v) is 8.60. The molecule has 4 N–H and O–H groups in total. The predicted molar refractivity (Wildman–Crippen MR) is 161 cm³/mol. The minimum absolute atomic E-state index is 0.0355. The van der Waals surface area contributed by atoms with E-state index in [-0.39, 0.29) is 6.61 Å². The molecule has 1 amide bonds. The molecule has 2 aromatic rings. The van der Waals surface area contributed by atoms with Crippen LogP contribution < -0.4 is 20.9 Å². The van der Waals surface area contributed by atoms with Crippen LogP contribution in [0.25, 0.3) is 0 Å². The van der Waals surface area contributed by atoms with Crippen LogP contribution in [0.5, 0.6) is 0 Å². The second-order valence-corrected chi connectivity index (χ2v) is 11.2. The number of nitrogens with zero attached hydrogens (tertiary/aromatic N) is 4. The van der Waals surface area contributed by atoms with E-state index >= 15 is 0 Å². The number of rotatable bonds is 10. The number of likely N-dealkylation sites (N-methyl/N-ethyl adjacent to an activating group) is 1. The zero-order valence-corrected chi connectivity index (χ0v) is 24.0. The zero-order chi connectivity index (χ0) is 27.9. The summed E-state index contributed by atoms with van der Waals surface area (Å²) in [6.45, 7) is 10.1. The summed E-state index contributed by atoms with van der Waals surface area (Å²) in [4.78, 5) is 23.6. The van der Waals surface area contributed by atoms with Crippen LogP contribution in [-0.2, 0) is 22.6 Å². The van der Waals surface area contributed by atoms with Crippen molar-refractivity contribution in [3.8, 4) is 0 Å². The van der Waals surface area contributed by atoms with Gasteiger partial charge in [-0.2, -0.15) is 0 Å². The van der Waals surface area contributed by atoms with E-state index in [1.807, 2.05) is 18.2 Å². The summed E-state index contributed by atoms with van der Waals surface area (Å²) >= 11 is 0. The third kappa shape index (κ3) is 6.86. The number of carbonyl (C=O) groups is 1. The SMILES string of the molecule is CCc1nc(NC=O)c(Nc2ccc(N3CCC(N4CCN(C)CC4)CC3)c(CO)c2)cc1NC1CCOCC1. The quantitative estimate of drug-likeness (QED) is 0.331. The van der Waals surface area contributed by atoms with E-state index in [0.717, 1.165) is 113 Å². The molecule has 40 heavy (non-hydrogen) atoms. The molecule has 10 heteroatoms. The second kappa shape index (κ2) is 13.6. The molecule has 0 aliphatic carbocycles. The Morgan fingerprint density at radius 3 is 2.45 bits per heavy atom. The maximum absolute atomic E-state index is 11.4. The number of aliphatic hydroxyl groups excluding tert-OH is 1. The number of aliphatic hydroxyl groups is 1. The lowest BCUT2D eigenvalue weighted by molar-refractivity contribution is -0.105. The number of aromatic nitrogens is 1. The number of piperazine rings is 1. The molecular weight excluding hydrogens is 506 g/mol. The van der Waals surface area contributed by atoms with Crippen LogP contribution in [0.3, 0.4) is 0 Å². The van der Waals surface area contributed by atoms with E-state index in [2.05, 4.69) is 50.7 Å². The first-order valence-electron chi connectivity index (χ1n) is 14.8. The second-order valence-electron chi connectivity index (χ2n) is 11.2. The van der Waals surface area contributed by atoms with Gasteiger partial charge in [-0.25, -0.2) is 4.98 Å². The Labute approximate surface area is 238 Å². The van der Waals surface area contributed by atoms with Gasteiger partial charge in [-0.1, -0.05) is 6.92 Å². The molecule has 0 bridgehead atoms. The smallest absolute Gasteiger partial charge is 0.212 e. The standard InChI is InChI=1S/C30H45N7O3/c1-3-26-27(32-23-8-16-40-17-9-23)19-28(30(34-26)31-21-39)33-24-4-5-29(22(18-24)20-38)37-10-6-25(7-11-37)36-14-12-35(2)13-15-36/h4-5,18-19,21,23,25,32-33,38H,3,6-17,20H2,1-2H3,(H,31,34,39). The Balaban J connectivity index is 1.30. The van der Waals surface area contributed by atoms with Crippen molar-refractivity contribution in [1.29, 1.82) is 0 Å². The van der Waals surface area contributed by atoms with Crippen LogP contribution in [0.4, 0.5) is 28.6 Å². The summed E-state index contributed by atoms with van der Waals surface area (Å²) in [6, 6.07) is 9.17. The molecule has 0 unspecified atom stereocenters. The van der Waals surface area contributed by atoms with Gasteiger partial charge in [-0.3, -0.25) is 9.69 Å². The molecule has 1 aromatic heterocycles. The highest BCUT2D eigenvalue weighted by Gasteiger charge is 2.27. The average molecular weight is 552 g/mol. The number of aryl methyl sites for hydroxylation is 1. The molecule has 3 aliphatic heterocycles. The van der Waals surface area contributed by atoms with Crippen molar-refractivity contribution in [2.45, 2.75) is 57.7 Å². The van der Waals surface area contributed by atoms with Crippen molar-refractivity contribution in [2.24, 2.45) is 0 Å². The number of pyridine rings is 1. The molecule has 3 fully saturated rings. The van der Waals surface area contributed by atoms with Gasteiger partial charge in [0, 0.05) is 81.5 Å². The first kappa shape index (κ1) is 28.6. The number of benzene rings is 1. The first-order chi connectivity index (χ1) is 19.6. The van der Waals surface area contributed by atoms with Gasteiger partial charge < -0.3 is 35.6 Å². The van der Waals surface area contributed by atoms with Crippen molar-refractivity contribution in [2.75, 3.05) is 80.4 Å². The molecule has 0 spiro atoms. The molecule has 3 saturated heterocycles. The van der Waals surface area contributed by atoms with Crippen LogP contribution >= 0.6 is 0 Å². The number of anilines is 5. The van der Waals surface area contributed by atoms with Crippen LogP contribution in [0.2, 0.25) is 0 Å². The monoisotopic (exact) mass is 551 g/mol. The van der Waals surface area contributed by atoms with E-state index in [1.165, 1.54) is 0 Å². The summed E-state index contributed by atoms with van der Waals surface area (Å²) in [6.07, 6.45) is 5.60. The molecule has 10 nitrogen and oxygen atoms in total. The van der Waals surface area contributed by atoms with Crippen LogP contribution in [-0.4, -0.2) is 97.9 Å². The van der Waals surface area contributed by atoms with E-state index in [0.29, 0.717) is 30.0 Å². The minimum atomic E-state index is -0.0355. The first-order valence-corrected chi connectivity index (χ1v) is 14.8. The van der Waals surface area contributed by atoms with Gasteiger partial charge in [0.05, 0.1) is 23.7 Å². The highest BCUT2D eigenvalue weighted by atomic mass is 16.5. The van der Waals surface area contributed by atoms with Gasteiger partial charge in [0.25, 0.3) is 0 Å². The lowest BCUT2D eigenvalue weighted by Gasteiger charge is -2.43. The van der Waals surface area contributed by atoms with Gasteiger partial charge in [0.2, 0.25) is 6.41 Å². The molecule has 5 rings (SSSR count). The van der Waals surface area contributed by atoms with Crippen molar-refractivity contribution in [1.82, 2.24) is 14.8 Å². The number of piperidine rings is 1. The van der Waals surface area contributed by atoms with E-state index in [4.69, 9.17) is 9.72 Å². The molecule has 0 saturated carbocycles. The maximum Gasteiger partial charge on any atom is 0.212 e. The summed E-state index contributed by atoms with van der Waals surface area (Å²) in [7, 11) is 2.20. The molecule has 0 atom stereocenters. The van der Waals surface area contributed by atoms with Crippen molar-refractivity contribution < 1.29 is 14.6 Å². The number of carbonyl (C=O) groups excluding carboxylic acids is 1. The van der Waals surface area contributed by atoms with Gasteiger partial charge in [0.1, 0.15) is 0 Å². The molecule has 218 valence electrons. The average Bonchev–Trinajstić information content (AvgIpc) is 2.99. The van der Waals surface area contributed by atoms with Crippen LogP contribution in [0.15, 0.2) is 24.3 Å². The predicted octanol–water partition coefficient (Wildman–Crippen LogP) is 3.26. The zero-order valence-electron chi connectivity index (χ0n) is 24.0. The third-order valence-electron chi connectivity index (χ3n) is 8.60. The molecular formula is C30H45N7O3. The number of hydrogen-bond donors (Lipinski definition) is 4. The number of nitrogens with one attached hydrogen (secondary N) is 3. The summed E-state index contributed by atoms with van der Waals surface area (Å²) in [5.41, 5.74) is 5.42. The lowest BCUT2D eigenvalue weighted by Crippen LogP contribution is -2.52. The molecule has 3 aliphatic rings. The van der Waals surface area contributed by atoms with Gasteiger partial charge >= 0.3 is 0 Å². The van der Waals surface area contributed by atoms with E-state index in [1.54, 1.807) is 0 Å². The largest absolute Gasteiger partial charge is 0.392 e. The highest BCUT2D eigenvalue weighted by Crippen LogP contribution is 2.33. The molecule has 1 aromatic carbocycles. The fraction of sp³-hybridized carbons (Fsp3) is 0.600. The maximum atomic E-state index is 11.4. The minimum Gasteiger partial charge on any atom is -0.392 e. The van der Waals surface area contributed by atoms with Gasteiger partial charge in [-0.05, 0) is 63.4 Å². The number of hydrogen-bond acceptors (Lipinski definition) is 9. The molecule has 0 radical (unpaired) electrons. The Morgan fingerprint density at radius 2 is 1.77 bits per heavy atom. The summed E-state index contributed by atoms with van der Waals surface area (Å²) in [5, 5.41) is 20.2. The number of ether oxygens (including phenoxy) is 1. The van der Waals surface area contributed by atoms with Crippen LogP contribution in [0.1, 0.15) is 43.9 Å². The highest BCUT2D eigenvalue weighted by molar-refractivity contribution is 5.83. The summed E-state index contributed by atoms with van der Waals surface area (Å²) < 4.78 is 5.52. The van der Waals surface area contributed by atoms with E-state index < -0.39 is 0 Å². The van der Waals surface area contributed by atoms with Crippen molar-refractivity contribution in [3.05, 3.63) is 35.5 Å². The Morgan fingerprint density at radius 1 is 1.02 bits per heavy atom. The Bertz CT molecular complexity index is 1120. The van der Waals surface area contributed by atoms with E-state index in [9.17, 15) is 9.90 Å². The van der Waals surface area contributed by atoms with Crippen molar-refractivity contribution >= 4 is 35.0 Å². The van der Waals surface area contributed by atoms with Crippen LogP contribution in [0, 0.1) is 0 Å². The Kier molecular flexibility index (Phi) is 9.74. The van der Waals surface area contributed by atoms with Gasteiger partial charge in [0.15, 0.2) is 5.82 Å². The molecule has 4 heterocycles. The lowest BCUT2D eigenvalue weighted by atomic mass is 10.0. The fourth-order valence-corrected chi connectivity index (χ4v) is 6.18. The summed E-state index contributed by atoms with van der Waals surface area (Å²) in [5.74, 6) is 0.491. The van der Waals surface area contributed by atoms with Crippen molar-refractivity contribution in [3.63, 3.8) is 0 Å². The normalized spacial score (nSPS) is 19.9. The van der Waals surface area contributed by atoms with Gasteiger partial charge in [-0.15, -0.1) is 0 Å².